The Morgan fingerprint density at radius 2 is 1.94 bits per heavy atom. The van der Waals surface area contributed by atoms with Gasteiger partial charge in [0.2, 0.25) is 5.91 Å². The van der Waals surface area contributed by atoms with Crippen LogP contribution in [-0.4, -0.2) is 33.4 Å². The van der Waals surface area contributed by atoms with Gasteiger partial charge in [-0.2, -0.15) is 0 Å². The summed E-state index contributed by atoms with van der Waals surface area (Å²) in [5, 5.41) is 7.04. The van der Waals surface area contributed by atoms with Crippen molar-refractivity contribution >= 4 is 34.4 Å². The van der Waals surface area contributed by atoms with E-state index in [0.717, 1.165) is 39.2 Å². The van der Waals surface area contributed by atoms with Gasteiger partial charge in [-0.25, -0.2) is 9.97 Å². The molecule has 0 saturated heterocycles. The van der Waals surface area contributed by atoms with E-state index in [1.165, 1.54) is 0 Å². The van der Waals surface area contributed by atoms with Crippen LogP contribution in [0.1, 0.15) is 23.7 Å². The van der Waals surface area contributed by atoms with Crippen molar-refractivity contribution in [2.24, 2.45) is 5.73 Å². The van der Waals surface area contributed by atoms with Gasteiger partial charge in [0.25, 0.3) is 0 Å². The highest BCUT2D eigenvalue weighted by Gasteiger charge is 2.08. The first-order valence-electron chi connectivity index (χ1n) is 11.3. The van der Waals surface area contributed by atoms with Gasteiger partial charge >= 0.3 is 0 Å². The SMILES string of the molecule is Cc1ccc(Oc2ccc(Nc3ncnc4ccc(/C=C/CNC(=O)[C@H](C)N)cc34)cc2C)cn1. The molecular weight excluding hydrogens is 440 g/mol. The van der Waals surface area contributed by atoms with E-state index in [1.54, 1.807) is 19.4 Å². The van der Waals surface area contributed by atoms with Crippen molar-refractivity contribution in [1.82, 2.24) is 20.3 Å². The smallest absolute Gasteiger partial charge is 0.236 e. The van der Waals surface area contributed by atoms with Crippen molar-refractivity contribution in [2.75, 3.05) is 11.9 Å². The van der Waals surface area contributed by atoms with E-state index in [0.29, 0.717) is 18.1 Å². The molecule has 0 radical (unpaired) electrons. The number of aromatic nitrogens is 3. The van der Waals surface area contributed by atoms with E-state index in [1.807, 2.05) is 74.5 Å². The third kappa shape index (κ3) is 6.18. The number of anilines is 2. The first-order valence-corrected chi connectivity index (χ1v) is 11.3. The summed E-state index contributed by atoms with van der Waals surface area (Å²) in [7, 11) is 0. The summed E-state index contributed by atoms with van der Waals surface area (Å²) in [6, 6.07) is 15.1. The number of nitrogens with one attached hydrogen (secondary N) is 2. The molecule has 1 amide bonds. The number of carbonyl (C=O) groups excluding carboxylic acids is 1. The first-order chi connectivity index (χ1) is 16.9. The Bertz CT molecular complexity index is 1370. The van der Waals surface area contributed by atoms with Gasteiger partial charge in [-0.3, -0.25) is 9.78 Å². The van der Waals surface area contributed by atoms with E-state index in [4.69, 9.17) is 10.5 Å². The van der Waals surface area contributed by atoms with E-state index < -0.39 is 6.04 Å². The zero-order valence-electron chi connectivity index (χ0n) is 19.9. The molecule has 1 atom stereocenters. The minimum absolute atomic E-state index is 0.185. The predicted molar refractivity (Wildman–Crippen MR) is 139 cm³/mol. The molecule has 178 valence electrons. The minimum atomic E-state index is -0.529. The number of pyridine rings is 1. The average Bonchev–Trinajstić information content (AvgIpc) is 2.85. The van der Waals surface area contributed by atoms with Crippen LogP contribution in [0.25, 0.3) is 17.0 Å². The maximum atomic E-state index is 11.6. The van der Waals surface area contributed by atoms with Crippen LogP contribution in [0.15, 0.2) is 67.1 Å². The second kappa shape index (κ2) is 10.8. The lowest BCUT2D eigenvalue weighted by Crippen LogP contribution is -2.38. The zero-order chi connectivity index (χ0) is 24.8. The highest BCUT2D eigenvalue weighted by molar-refractivity contribution is 5.92. The molecule has 4 N–H and O–H groups in total. The van der Waals surface area contributed by atoms with Crippen molar-refractivity contribution in [3.63, 3.8) is 0 Å². The predicted octanol–water partition coefficient (Wildman–Crippen LogP) is 4.65. The van der Waals surface area contributed by atoms with Crippen molar-refractivity contribution in [3.8, 4) is 11.5 Å². The lowest BCUT2D eigenvalue weighted by molar-refractivity contribution is -0.121. The minimum Gasteiger partial charge on any atom is -0.455 e. The van der Waals surface area contributed by atoms with Crippen LogP contribution in [0.4, 0.5) is 11.5 Å². The number of hydrogen-bond donors (Lipinski definition) is 3. The highest BCUT2D eigenvalue weighted by atomic mass is 16.5. The third-order valence-corrected chi connectivity index (χ3v) is 5.33. The topological polar surface area (TPSA) is 115 Å². The molecule has 0 spiro atoms. The normalized spacial score (nSPS) is 12.0. The number of carbonyl (C=O) groups is 1. The van der Waals surface area contributed by atoms with Gasteiger partial charge in [0.1, 0.15) is 23.6 Å². The van der Waals surface area contributed by atoms with Crippen LogP contribution in [0, 0.1) is 13.8 Å². The van der Waals surface area contributed by atoms with E-state index in [2.05, 4.69) is 25.6 Å². The molecule has 35 heavy (non-hydrogen) atoms. The van der Waals surface area contributed by atoms with Crippen LogP contribution in [-0.2, 0) is 4.79 Å². The number of aryl methyl sites for hydroxylation is 2. The number of nitrogens with zero attached hydrogens (tertiary/aromatic N) is 3. The maximum absolute atomic E-state index is 11.6. The van der Waals surface area contributed by atoms with Crippen molar-refractivity contribution in [2.45, 2.75) is 26.8 Å². The van der Waals surface area contributed by atoms with Crippen LogP contribution in [0.5, 0.6) is 11.5 Å². The Kier molecular flexibility index (Phi) is 7.32. The molecule has 2 heterocycles. The summed E-state index contributed by atoms with van der Waals surface area (Å²) in [5.41, 5.74) is 10.2. The average molecular weight is 469 g/mol. The molecule has 0 aliphatic carbocycles. The summed E-state index contributed by atoms with van der Waals surface area (Å²) in [6.45, 7) is 5.99. The second-order valence-corrected chi connectivity index (χ2v) is 8.28. The monoisotopic (exact) mass is 468 g/mol. The van der Waals surface area contributed by atoms with Gasteiger partial charge < -0.3 is 21.1 Å². The highest BCUT2D eigenvalue weighted by Crippen LogP contribution is 2.30. The molecule has 0 bridgehead atoms. The molecule has 0 fully saturated rings. The number of ether oxygens (including phenoxy) is 1. The van der Waals surface area contributed by atoms with Gasteiger partial charge in [-0.1, -0.05) is 18.2 Å². The Morgan fingerprint density at radius 1 is 1.09 bits per heavy atom. The van der Waals surface area contributed by atoms with Gasteiger partial charge in [-0.05, 0) is 74.4 Å². The zero-order valence-corrected chi connectivity index (χ0v) is 19.9. The van der Waals surface area contributed by atoms with Crippen LogP contribution < -0.4 is 21.1 Å². The quantitative estimate of drug-likeness (QED) is 0.345. The Morgan fingerprint density at radius 3 is 2.69 bits per heavy atom. The molecule has 2 aromatic carbocycles. The Balaban J connectivity index is 1.50. The van der Waals surface area contributed by atoms with Crippen molar-refractivity contribution in [1.29, 1.82) is 0 Å². The standard InChI is InChI=1S/C27H28N6O2/c1-17-13-21(8-11-25(17)35-22-9-6-18(2)30-15-22)33-26-23-14-20(7-10-24(23)31-16-32-26)5-4-12-29-27(34)19(3)28/h4-11,13-16,19H,12,28H2,1-3H3,(H,29,34)(H,31,32,33)/b5-4+/t19-/m0/s1. The summed E-state index contributed by atoms with van der Waals surface area (Å²) in [5.74, 6) is 1.97. The fraction of sp³-hybridized carbons (Fsp3) is 0.185. The number of rotatable bonds is 8. The van der Waals surface area contributed by atoms with Gasteiger partial charge in [0, 0.05) is 23.3 Å². The number of benzene rings is 2. The fourth-order valence-corrected chi connectivity index (χ4v) is 3.41. The number of fused-ring (bicyclic) bond motifs is 1. The molecule has 4 rings (SSSR count). The number of hydrogen-bond acceptors (Lipinski definition) is 7. The molecule has 8 heteroatoms. The first kappa shape index (κ1) is 23.8. The number of amides is 1. The maximum Gasteiger partial charge on any atom is 0.236 e. The van der Waals surface area contributed by atoms with Gasteiger partial charge in [-0.15, -0.1) is 0 Å². The molecule has 0 unspecified atom stereocenters. The summed E-state index contributed by atoms with van der Waals surface area (Å²) in [6.07, 6.45) is 7.07. The van der Waals surface area contributed by atoms with Crippen LogP contribution >= 0.6 is 0 Å². The van der Waals surface area contributed by atoms with Crippen molar-refractivity contribution < 1.29 is 9.53 Å². The Labute approximate surface area is 204 Å². The molecule has 4 aromatic rings. The van der Waals surface area contributed by atoms with E-state index >= 15 is 0 Å². The molecular formula is C27H28N6O2. The third-order valence-electron chi connectivity index (χ3n) is 5.33. The molecule has 2 aromatic heterocycles. The molecule has 8 nitrogen and oxygen atoms in total. The number of nitrogens with two attached hydrogens (primary N) is 1. The summed E-state index contributed by atoms with van der Waals surface area (Å²) in [4.78, 5) is 24.7. The summed E-state index contributed by atoms with van der Waals surface area (Å²) < 4.78 is 5.97. The largest absolute Gasteiger partial charge is 0.455 e. The molecule has 0 aliphatic heterocycles. The Hall–Kier alpha value is -4.30. The lowest BCUT2D eigenvalue weighted by atomic mass is 10.1. The molecule has 0 aliphatic rings. The van der Waals surface area contributed by atoms with E-state index in [9.17, 15) is 4.79 Å². The van der Waals surface area contributed by atoms with Crippen molar-refractivity contribution in [3.05, 3.63) is 84.0 Å². The molecule has 0 saturated carbocycles. The fourth-order valence-electron chi connectivity index (χ4n) is 3.41. The van der Waals surface area contributed by atoms with Gasteiger partial charge in [0.05, 0.1) is 17.8 Å². The second-order valence-electron chi connectivity index (χ2n) is 8.28. The lowest BCUT2D eigenvalue weighted by Gasteiger charge is -2.12. The van der Waals surface area contributed by atoms with E-state index in [-0.39, 0.29) is 5.91 Å². The van der Waals surface area contributed by atoms with Crippen LogP contribution in [0.2, 0.25) is 0 Å². The van der Waals surface area contributed by atoms with Gasteiger partial charge in [0.15, 0.2) is 0 Å². The summed E-state index contributed by atoms with van der Waals surface area (Å²) >= 11 is 0. The van der Waals surface area contributed by atoms with Crippen LogP contribution in [0.3, 0.4) is 0 Å².